The number of nitrogens with two attached hydrogens (primary N) is 1. The van der Waals surface area contributed by atoms with Gasteiger partial charge in [0.15, 0.2) is 11.5 Å². The van der Waals surface area contributed by atoms with Crippen LogP contribution in [0.1, 0.15) is 5.69 Å². The third kappa shape index (κ3) is 3.57. The van der Waals surface area contributed by atoms with Gasteiger partial charge in [0.25, 0.3) is 5.69 Å². The first kappa shape index (κ1) is 14.5. The van der Waals surface area contributed by atoms with Crippen LogP contribution in [0.3, 0.4) is 0 Å². The van der Waals surface area contributed by atoms with Crippen LogP contribution in [0.15, 0.2) is 36.4 Å². The summed E-state index contributed by atoms with van der Waals surface area (Å²) < 4.78 is 10.7. The van der Waals surface area contributed by atoms with Crippen molar-refractivity contribution in [2.45, 2.75) is 6.61 Å². The smallest absolute Gasteiger partial charge is 0.273 e. The van der Waals surface area contributed by atoms with Crippen LogP contribution in [0, 0.1) is 10.1 Å². The number of nitro groups is 1. The molecule has 0 radical (unpaired) electrons. The van der Waals surface area contributed by atoms with E-state index in [1.807, 2.05) is 0 Å². The van der Waals surface area contributed by atoms with Crippen molar-refractivity contribution in [3.05, 3.63) is 52.2 Å². The molecule has 0 atom stereocenters. The average molecular weight is 290 g/mol. The van der Waals surface area contributed by atoms with Crippen LogP contribution in [0.2, 0.25) is 0 Å². The van der Waals surface area contributed by atoms with E-state index in [2.05, 4.69) is 10.4 Å². The number of ether oxygens (including phenoxy) is 2. The van der Waals surface area contributed by atoms with Gasteiger partial charge >= 0.3 is 0 Å². The second-order valence-corrected chi connectivity index (χ2v) is 4.04. The molecule has 0 fully saturated rings. The highest BCUT2D eigenvalue weighted by atomic mass is 16.6. The van der Waals surface area contributed by atoms with Crippen LogP contribution in [-0.2, 0) is 6.61 Å². The number of aromatic nitrogens is 1. The van der Waals surface area contributed by atoms with E-state index in [9.17, 15) is 10.1 Å². The Morgan fingerprint density at radius 1 is 1.33 bits per heavy atom. The van der Waals surface area contributed by atoms with Gasteiger partial charge in [0.1, 0.15) is 12.4 Å². The molecule has 0 bridgehead atoms. The molecule has 0 aliphatic rings. The maximum Gasteiger partial charge on any atom is 0.273 e. The number of nitrogens with zero attached hydrogens (tertiary/aromatic N) is 2. The third-order valence-electron chi connectivity index (χ3n) is 2.69. The molecule has 8 heteroatoms. The predicted octanol–water partition coefficient (Wildman–Crippen LogP) is 1.86. The van der Waals surface area contributed by atoms with E-state index in [-0.39, 0.29) is 18.0 Å². The number of methoxy groups -OCH3 is 1. The zero-order chi connectivity index (χ0) is 15.2. The summed E-state index contributed by atoms with van der Waals surface area (Å²) in [6.07, 6.45) is 0. The second kappa shape index (κ2) is 6.53. The number of nitro benzene ring substituents is 1. The fourth-order valence-corrected chi connectivity index (χ4v) is 1.68. The molecule has 110 valence electrons. The fraction of sp³-hybridized carbons (Fsp3) is 0.154. The van der Waals surface area contributed by atoms with Crippen LogP contribution in [0.4, 0.5) is 11.5 Å². The van der Waals surface area contributed by atoms with Crippen LogP contribution in [0.25, 0.3) is 0 Å². The molecule has 0 aliphatic heterocycles. The Labute approximate surface area is 120 Å². The Hall–Kier alpha value is -2.87. The van der Waals surface area contributed by atoms with Crippen LogP contribution < -0.4 is 20.7 Å². The van der Waals surface area contributed by atoms with Crippen LogP contribution in [0.5, 0.6) is 11.5 Å². The van der Waals surface area contributed by atoms with Crippen molar-refractivity contribution in [3.63, 3.8) is 0 Å². The molecule has 0 saturated heterocycles. The molecule has 8 nitrogen and oxygen atoms in total. The summed E-state index contributed by atoms with van der Waals surface area (Å²) >= 11 is 0. The Balaban J connectivity index is 2.17. The summed E-state index contributed by atoms with van der Waals surface area (Å²) in [5, 5.41) is 10.8. The molecule has 1 heterocycles. The summed E-state index contributed by atoms with van der Waals surface area (Å²) in [5.41, 5.74) is 2.98. The van der Waals surface area contributed by atoms with Gasteiger partial charge in [0.2, 0.25) is 0 Å². The zero-order valence-electron chi connectivity index (χ0n) is 11.3. The first-order valence-corrected chi connectivity index (χ1v) is 6.02. The van der Waals surface area contributed by atoms with Crippen LogP contribution in [-0.4, -0.2) is 17.0 Å². The molecule has 0 saturated carbocycles. The molecule has 0 unspecified atom stereocenters. The summed E-state index contributed by atoms with van der Waals surface area (Å²) in [6, 6.07) is 9.37. The molecular formula is C13H14N4O4. The van der Waals surface area contributed by atoms with Gasteiger partial charge in [-0.3, -0.25) is 10.1 Å². The molecule has 1 aromatic carbocycles. The lowest BCUT2D eigenvalue weighted by Gasteiger charge is -2.10. The monoisotopic (exact) mass is 290 g/mol. The van der Waals surface area contributed by atoms with Crippen molar-refractivity contribution in [3.8, 4) is 11.5 Å². The topological polar surface area (TPSA) is 113 Å². The number of anilines is 1. The summed E-state index contributed by atoms with van der Waals surface area (Å²) in [4.78, 5) is 14.5. The first-order chi connectivity index (χ1) is 10.1. The van der Waals surface area contributed by atoms with Crippen molar-refractivity contribution in [1.29, 1.82) is 0 Å². The molecule has 3 N–H and O–H groups in total. The minimum absolute atomic E-state index is 0.0730. The largest absolute Gasteiger partial charge is 0.493 e. The number of nitrogens with one attached hydrogen (secondary N) is 1. The minimum Gasteiger partial charge on any atom is -0.493 e. The molecule has 1 aromatic heterocycles. The van der Waals surface area contributed by atoms with Gasteiger partial charge < -0.3 is 14.9 Å². The number of hydrogen-bond donors (Lipinski definition) is 2. The van der Waals surface area contributed by atoms with Crippen molar-refractivity contribution in [2.24, 2.45) is 5.84 Å². The lowest BCUT2D eigenvalue weighted by molar-refractivity contribution is -0.385. The molecule has 2 rings (SSSR count). The Kier molecular flexibility index (Phi) is 4.52. The minimum atomic E-state index is -0.497. The van der Waals surface area contributed by atoms with E-state index in [0.29, 0.717) is 17.3 Å². The summed E-state index contributed by atoms with van der Waals surface area (Å²) in [5.74, 6) is 6.47. The normalized spacial score (nSPS) is 10.0. The second-order valence-electron chi connectivity index (χ2n) is 4.04. The zero-order valence-corrected chi connectivity index (χ0v) is 11.3. The van der Waals surface area contributed by atoms with Crippen molar-refractivity contribution >= 4 is 11.5 Å². The Morgan fingerprint density at radius 2 is 2.14 bits per heavy atom. The van der Waals surface area contributed by atoms with E-state index < -0.39 is 4.92 Å². The SMILES string of the molecule is COc1ccc([N+](=O)[O-])cc1OCc1cccc(NN)n1. The van der Waals surface area contributed by atoms with E-state index in [1.165, 1.54) is 25.3 Å². The fourth-order valence-electron chi connectivity index (χ4n) is 1.68. The highest BCUT2D eigenvalue weighted by Gasteiger charge is 2.12. The number of rotatable bonds is 6. The number of hydrazine groups is 1. The summed E-state index contributed by atoms with van der Waals surface area (Å²) in [7, 11) is 1.46. The quantitative estimate of drug-likeness (QED) is 0.474. The van der Waals surface area contributed by atoms with Gasteiger partial charge in [-0.05, 0) is 18.2 Å². The molecule has 0 spiro atoms. The highest BCUT2D eigenvalue weighted by Crippen LogP contribution is 2.31. The van der Waals surface area contributed by atoms with Gasteiger partial charge in [-0.2, -0.15) is 0 Å². The van der Waals surface area contributed by atoms with Crippen LogP contribution >= 0.6 is 0 Å². The molecular weight excluding hydrogens is 276 g/mol. The highest BCUT2D eigenvalue weighted by molar-refractivity contribution is 5.48. The van der Waals surface area contributed by atoms with E-state index in [4.69, 9.17) is 15.3 Å². The Morgan fingerprint density at radius 3 is 2.81 bits per heavy atom. The first-order valence-electron chi connectivity index (χ1n) is 6.02. The molecule has 2 aromatic rings. The van der Waals surface area contributed by atoms with Gasteiger partial charge in [0.05, 0.1) is 23.8 Å². The number of non-ortho nitro benzene ring substituents is 1. The van der Waals surface area contributed by atoms with E-state index in [1.54, 1.807) is 18.2 Å². The van der Waals surface area contributed by atoms with Crippen molar-refractivity contribution in [2.75, 3.05) is 12.5 Å². The standard InChI is InChI=1S/C13H14N4O4/c1-20-11-6-5-10(17(18)19)7-12(11)21-8-9-3-2-4-13(15-9)16-14/h2-7H,8,14H2,1H3,(H,15,16). The van der Waals surface area contributed by atoms with Gasteiger partial charge in [-0.1, -0.05) is 6.07 Å². The number of benzene rings is 1. The number of pyridine rings is 1. The average Bonchev–Trinajstić information content (AvgIpc) is 2.52. The number of hydrogen-bond acceptors (Lipinski definition) is 7. The third-order valence-corrected chi connectivity index (χ3v) is 2.69. The summed E-state index contributed by atoms with van der Waals surface area (Å²) in [6.45, 7) is 0.132. The molecule has 0 aliphatic carbocycles. The van der Waals surface area contributed by atoms with Crippen molar-refractivity contribution < 1.29 is 14.4 Å². The van der Waals surface area contributed by atoms with E-state index >= 15 is 0 Å². The lowest BCUT2D eigenvalue weighted by Crippen LogP contribution is -2.10. The van der Waals surface area contributed by atoms with E-state index in [0.717, 1.165) is 0 Å². The maximum absolute atomic E-state index is 10.8. The maximum atomic E-state index is 10.8. The number of nitrogen functional groups attached to an aromatic ring is 1. The van der Waals surface area contributed by atoms with Crippen molar-refractivity contribution in [1.82, 2.24) is 4.98 Å². The van der Waals surface area contributed by atoms with Gasteiger partial charge in [-0.15, -0.1) is 0 Å². The van der Waals surface area contributed by atoms with Gasteiger partial charge in [-0.25, -0.2) is 10.8 Å². The van der Waals surface area contributed by atoms with Gasteiger partial charge in [0, 0.05) is 6.07 Å². The molecule has 21 heavy (non-hydrogen) atoms. The lowest BCUT2D eigenvalue weighted by atomic mass is 10.3. The Bertz CT molecular complexity index is 648. The predicted molar refractivity (Wildman–Crippen MR) is 76.0 cm³/mol. The molecule has 0 amide bonds.